The lowest BCUT2D eigenvalue weighted by Gasteiger charge is -2.12. The zero-order chi connectivity index (χ0) is 13.0. The summed E-state index contributed by atoms with van der Waals surface area (Å²) in [5.41, 5.74) is 0.903. The van der Waals surface area contributed by atoms with Crippen molar-refractivity contribution in [1.82, 2.24) is 4.98 Å². The van der Waals surface area contributed by atoms with Crippen LogP contribution in [0.2, 0.25) is 0 Å². The number of hydrogen-bond donors (Lipinski definition) is 1. The molecular weight excluding hydrogens is 224 g/mol. The predicted molar refractivity (Wildman–Crippen MR) is 74.4 cm³/mol. The molecule has 1 amide bonds. The van der Waals surface area contributed by atoms with Crippen molar-refractivity contribution in [3.8, 4) is 0 Å². The van der Waals surface area contributed by atoms with E-state index in [0.29, 0.717) is 5.82 Å². The number of carbonyl (C=O) groups is 1. The summed E-state index contributed by atoms with van der Waals surface area (Å²) in [4.78, 5) is 16.4. The molecule has 3 heteroatoms. The molecule has 0 saturated carbocycles. The largest absolute Gasteiger partial charge is 0.310 e. The van der Waals surface area contributed by atoms with Crippen molar-refractivity contribution >= 4 is 22.6 Å². The maximum absolute atomic E-state index is 12.0. The lowest BCUT2D eigenvalue weighted by molar-refractivity contribution is -0.120. The molecule has 2 aromatic rings. The molecule has 1 aromatic heterocycles. The summed E-state index contributed by atoms with van der Waals surface area (Å²) >= 11 is 0. The smallest absolute Gasteiger partial charge is 0.228 e. The van der Waals surface area contributed by atoms with Crippen LogP contribution in [0.4, 0.5) is 5.82 Å². The Hall–Kier alpha value is -1.90. The maximum atomic E-state index is 12.0. The van der Waals surface area contributed by atoms with Gasteiger partial charge in [-0.1, -0.05) is 32.0 Å². The van der Waals surface area contributed by atoms with Gasteiger partial charge in [0, 0.05) is 11.3 Å². The van der Waals surface area contributed by atoms with Gasteiger partial charge in [0.15, 0.2) is 0 Å². The molecule has 1 aromatic carbocycles. The van der Waals surface area contributed by atoms with E-state index < -0.39 is 0 Å². The molecule has 0 aliphatic rings. The first-order valence-corrected chi connectivity index (χ1v) is 6.41. The number of pyridine rings is 1. The first kappa shape index (κ1) is 12.6. The van der Waals surface area contributed by atoms with Crippen LogP contribution in [0.3, 0.4) is 0 Å². The minimum atomic E-state index is 0.0581. The van der Waals surface area contributed by atoms with Gasteiger partial charge in [0.2, 0.25) is 5.91 Å². The zero-order valence-electron chi connectivity index (χ0n) is 10.8. The Kier molecular flexibility index (Phi) is 3.92. The molecule has 1 heterocycles. The molecule has 0 atom stereocenters. The molecule has 0 unspecified atom stereocenters. The molecule has 1 N–H and O–H groups in total. The van der Waals surface area contributed by atoms with Crippen molar-refractivity contribution in [2.24, 2.45) is 5.92 Å². The Labute approximate surface area is 107 Å². The number of fused-ring (bicyclic) bond motifs is 1. The molecule has 0 radical (unpaired) electrons. The van der Waals surface area contributed by atoms with Crippen LogP contribution in [0.25, 0.3) is 10.9 Å². The number of nitrogens with zero attached hydrogens (tertiary/aromatic N) is 1. The molecule has 3 nitrogen and oxygen atoms in total. The van der Waals surface area contributed by atoms with Crippen molar-refractivity contribution in [1.29, 1.82) is 0 Å². The number of amides is 1. The monoisotopic (exact) mass is 242 g/mol. The van der Waals surface area contributed by atoms with Gasteiger partial charge in [0.25, 0.3) is 0 Å². The number of aromatic nitrogens is 1. The van der Waals surface area contributed by atoms with Gasteiger partial charge in [-0.25, -0.2) is 4.98 Å². The van der Waals surface area contributed by atoms with E-state index in [9.17, 15) is 4.79 Å². The normalized spacial score (nSPS) is 10.8. The number of hydrogen-bond acceptors (Lipinski definition) is 2. The summed E-state index contributed by atoms with van der Waals surface area (Å²) < 4.78 is 0. The standard InChI is InChI=1S/C15H18N2O/c1-3-11(4-2)15(18)17-14-10-9-12-7-5-6-8-13(12)16-14/h5-11H,3-4H2,1-2H3,(H,16,17,18). The van der Waals surface area contributed by atoms with Crippen LogP contribution in [-0.4, -0.2) is 10.9 Å². The molecule has 0 spiro atoms. The third-order valence-electron chi connectivity index (χ3n) is 3.21. The van der Waals surface area contributed by atoms with E-state index in [4.69, 9.17) is 0 Å². The first-order chi connectivity index (χ1) is 8.74. The molecule has 0 aliphatic heterocycles. The molecule has 0 saturated heterocycles. The summed E-state index contributed by atoms with van der Waals surface area (Å²) in [6.07, 6.45) is 1.71. The number of benzene rings is 1. The Bertz CT molecular complexity index is 547. The summed E-state index contributed by atoms with van der Waals surface area (Å²) in [5, 5.41) is 3.97. The molecule has 94 valence electrons. The van der Waals surface area contributed by atoms with Crippen molar-refractivity contribution < 1.29 is 4.79 Å². The topological polar surface area (TPSA) is 42.0 Å². The number of para-hydroxylation sites is 1. The highest BCUT2D eigenvalue weighted by Gasteiger charge is 2.14. The number of nitrogens with one attached hydrogen (secondary N) is 1. The molecular formula is C15H18N2O. The van der Waals surface area contributed by atoms with E-state index in [1.807, 2.05) is 50.2 Å². The lowest BCUT2D eigenvalue weighted by Crippen LogP contribution is -2.22. The zero-order valence-corrected chi connectivity index (χ0v) is 10.8. The highest BCUT2D eigenvalue weighted by Crippen LogP contribution is 2.16. The molecule has 2 rings (SSSR count). The van der Waals surface area contributed by atoms with E-state index in [0.717, 1.165) is 23.7 Å². The van der Waals surface area contributed by atoms with Crippen LogP contribution in [0, 0.1) is 5.92 Å². The van der Waals surface area contributed by atoms with Crippen LogP contribution in [0.5, 0.6) is 0 Å². The van der Waals surface area contributed by atoms with Gasteiger partial charge in [0.1, 0.15) is 5.82 Å². The average Bonchev–Trinajstić information content (AvgIpc) is 2.40. The van der Waals surface area contributed by atoms with E-state index in [2.05, 4.69) is 10.3 Å². The molecule has 0 bridgehead atoms. The minimum absolute atomic E-state index is 0.0581. The SMILES string of the molecule is CCC(CC)C(=O)Nc1ccc2ccccc2n1. The molecule has 18 heavy (non-hydrogen) atoms. The summed E-state index contributed by atoms with van der Waals surface area (Å²) in [6, 6.07) is 11.7. The Morgan fingerprint density at radius 1 is 1.17 bits per heavy atom. The number of anilines is 1. The average molecular weight is 242 g/mol. The number of carbonyl (C=O) groups excluding carboxylic acids is 1. The van der Waals surface area contributed by atoms with Crippen molar-refractivity contribution in [2.45, 2.75) is 26.7 Å². The fourth-order valence-corrected chi connectivity index (χ4v) is 2.02. The second kappa shape index (κ2) is 5.63. The van der Waals surface area contributed by atoms with Crippen LogP contribution in [0.15, 0.2) is 36.4 Å². The predicted octanol–water partition coefficient (Wildman–Crippen LogP) is 3.61. The molecule has 0 aliphatic carbocycles. The minimum Gasteiger partial charge on any atom is -0.310 e. The van der Waals surface area contributed by atoms with Gasteiger partial charge >= 0.3 is 0 Å². The fourth-order valence-electron chi connectivity index (χ4n) is 2.02. The van der Waals surface area contributed by atoms with E-state index in [-0.39, 0.29) is 11.8 Å². The quantitative estimate of drug-likeness (QED) is 0.889. The highest BCUT2D eigenvalue weighted by molar-refractivity contribution is 5.93. The van der Waals surface area contributed by atoms with Crippen molar-refractivity contribution in [3.63, 3.8) is 0 Å². The van der Waals surface area contributed by atoms with E-state index >= 15 is 0 Å². The first-order valence-electron chi connectivity index (χ1n) is 6.41. The van der Waals surface area contributed by atoms with E-state index in [1.54, 1.807) is 0 Å². The van der Waals surface area contributed by atoms with Crippen LogP contribution < -0.4 is 5.32 Å². The lowest BCUT2D eigenvalue weighted by atomic mass is 10.0. The Balaban J connectivity index is 2.19. The second-order valence-corrected chi connectivity index (χ2v) is 4.39. The molecule has 0 fully saturated rings. The summed E-state index contributed by atoms with van der Waals surface area (Å²) in [7, 11) is 0. The number of rotatable bonds is 4. The fraction of sp³-hybridized carbons (Fsp3) is 0.333. The van der Waals surface area contributed by atoms with Gasteiger partial charge in [-0.05, 0) is 31.0 Å². The third-order valence-corrected chi connectivity index (χ3v) is 3.21. The van der Waals surface area contributed by atoms with E-state index in [1.165, 1.54) is 0 Å². The Morgan fingerprint density at radius 3 is 2.61 bits per heavy atom. The van der Waals surface area contributed by atoms with Crippen LogP contribution >= 0.6 is 0 Å². The maximum Gasteiger partial charge on any atom is 0.228 e. The van der Waals surface area contributed by atoms with Crippen LogP contribution in [0.1, 0.15) is 26.7 Å². The summed E-state index contributed by atoms with van der Waals surface area (Å²) in [5.74, 6) is 0.756. The van der Waals surface area contributed by atoms with Gasteiger partial charge in [0.05, 0.1) is 5.52 Å². The third kappa shape index (κ3) is 2.67. The van der Waals surface area contributed by atoms with Gasteiger partial charge in [-0.2, -0.15) is 0 Å². The van der Waals surface area contributed by atoms with Crippen molar-refractivity contribution in [3.05, 3.63) is 36.4 Å². The van der Waals surface area contributed by atoms with Gasteiger partial charge in [-0.3, -0.25) is 4.79 Å². The second-order valence-electron chi connectivity index (χ2n) is 4.39. The van der Waals surface area contributed by atoms with Crippen molar-refractivity contribution in [2.75, 3.05) is 5.32 Å². The van der Waals surface area contributed by atoms with Crippen LogP contribution in [-0.2, 0) is 4.79 Å². The Morgan fingerprint density at radius 2 is 1.89 bits per heavy atom. The van der Waals surface area contributed by atoms with Gasteiger partial charge < -0.3 is 5.32 Å². The highest BCUT2D eigenvalue weighted by atomic mass is 16.1. The van der Waals surface area contributed by atoms with Gasteiger partial charge in [-0.15, -0.1) is 0 Å². The summed E-state index contributed by atoms with van der Waals surface area (Å²) in [6.45, 7) is 4.06.